The number of carbonyl (C=O) groups excluding carboxylic acids is 2. The van der Waals surface area contributed by atoms with Gasteiger partial charge >= 0.3 is 6.09 Å². The number of hydrogen-bond acceptors (Lipinski definition) is 5. The molecule has 2 N–H and O–H groups in total. The van der Waals surface area contributed by atoms with Crippen molar-refractivity contribution in [2.45, 2.75) is 6.42 Å². The number of fused-ring (bicyclic) bond motifs is 1. The van der Waals surface area contributed by atoms with Crippen molar-refractivity contribution in [3.8, 4) is 11.3 Å². The van der Waals surface area contributed by atoms with E-state index in [0.29, 0.717) is 66.7 Å². The number of nitrogens with zero attached hydrogens (tertiary/aromatic N) is 3. The highest BCUT2D eigenvalue weighted by atomic mass is 35.5. The average molecular weight is 465 g/mol. The number of piperazine rings is 1. The smallest absolute Gasteiger partial charge is 0.409 e. The van der Waals surface area contributed by atoms with Gasteiger partial charge in [0.1, 0.15) is 0 Å². The molecule has 1 aromatic heterocycles. The largest absolute Gasteiger partial charge is 0.449 e. The molecule has 2 aromatic carbocycles. The summed E-state index contributed by atoms with van der Waals surface area (Å²) in [5.41, 5.74) is 9.22. The summed E-state index contributed by atoms with van der Waals surface area (Å²) in [5, 5.41) is 1.34. The number of pyridine rings is 1. The van der Waals surface area contributed by atoms with Gasteiger partial charge in [-0.1, -0.05) is 35.9 Å². The van der Waals surface area contributed by atoms with E-state index in [-0.39, 0.29) is 12.0 Å². The molecule has 33 heavy (non-hydrogen) atoms. The molecule has 1 aliphatic heterocycles. The molecule has 1 aliphatic rings. The van der Waals surface area contributed by atoms with Gasteiger partial charge in [0.05, 0.1) is 22.8 Å². The fourth-order valence-electron chi connectivity index (χ4n) is 3.72. The Kier molecular flexibility index (Phi) is 6.79. The fourth-order valence-corrected chi connectivity index (χ4v) is 3.98. The number of hydrogen-bond donors (Lipinski definition) is 1. The Bertz CT molecular complexity index is 1190. The first kappa shape index (κ1) is 22.6. The number of amides is 2. The quantitative estimate of drug-likeness (QED) is 0.338. The molecule has 0 radical (unpaired) electrons. The number of benzene rings is 2. The lowest BCUT2D eigenvalue weighted by atomic mass is 10.1. The lowest BCUT2D eigenvalue weighted by Gasteiger charge is -2.34. The summed E-state index contributed by atoms with van der Waals surface area (Å²) >= 11 is 6.50. The molecule has 0 saturated carbocycles. The summed E-state index contributed by atoms with van der Waals surface area (Å²) in [5.74, 6) is -0.104. The zero-order valence-electron chi connectivity index (χ0n) is 18.2. The van der Waals surface area contributed by atoms with Gasteiger partial charge in [-0.3, -0.25) is 4.79 Å². The van der Waals surface area contributed by atoms with Crippen LogP contribution in [0.2, 0.25) is 5.02 Å². The van der Waals surface area contributed by atoms with E-state index in [1.54, 1.807) is 28.0 Å². The number of rotatable bonds is 5. The van der Waals surface area contributed by atoms with Gasteiger partial charge < -0.3 is 20.3 Å². The van der Waals surface area contributed by atoms with Crippen molar-refractivity contribution in [3.05, 3.63) is 71.8 Å². The van der Waals surface area contributed by atoms with E-state index in [2.05, 4.69) is 6.58 Å². The first-order valence-electron chi connectivity index (χ1n) is 10.7. The van der Waals surface area contributed by atoms with Crippen molar-refractivity contribution in [1.29, 1.82) is 0 Å². The van der Waals surface area contributed by atoms with Gasteiger partial charge in [-0.15, -0.1) is 6.58 Å². The monoisotopic (exact) mass is 464 g/mol. The van der Waals surface area contributed by atoms with Crippen LogP contribution in [0.4, 0.5) is 10.5 Å². The molecule has 0 atom stereocenters. The summed E-state index contributed by atoms with van der Waals surface area (Å²) in [7, 11) is 0. The minimum absolute atomic E-state index is 0.104. The molecule has 0 unspecified atom stereocenters. The maximum atomic E-state index is 13.1. The Balaban J connectivity index is 1.49. The van der Waals surface area contributed by atoms with Crippen LogP contribution in [-0.4, -0.2) is 59.6 Å². The second kappa shape index (κ2) is 9.92. The highest BCUT2D eigenvalue weighted by molar-refractivity contribution is 6.35. The zero-order chi connectivity index (χ0) is 23.4. The maximum Gasteiger partial charge on any atom is 0.409 e. The molecule has 0 bridgehead atoms. The van der Waals surface area contributed by atoms with Gasteiger partial charge in [-0.05, 0) is 36.8 Å². The van der Waals surface area contributed by atoms with E-state index in [0.717, 1.165) is 10.9 Å². The van der Waals surface area contributed by atoms with Crippen LogP contribution in [0.15, 0.2) is 61.2 Å². The van der Waals surface area contributed by atoms with Gasteiger partial charge in [0.15, 0.2) is 0 Å². The number of nitrogens with two attached hydrogens (primary N) is 1. The molecule has 4 rings (SSSR count). The van der Waals surface area contributed by atoms with Crippen molar-refractivity contribution in [2.24, 2.45) is 0 Å². The van der Waals surface area contributed by atoms with Crippen LogP contribution in [0, 0.1) is 0 Å². The summed E-state index contributed by atoms with van der Waals surface area (Å²) in [4.78, 5) is 33.3. The SMILES string of the molecule is C=CCCOC(=O)N1CCN(C(=O)c2ccc3c(Cl)cc(-c4ccc(N)cc4)nc3c2)CC1. The fraction of sp³-hybridized carbons (Fsp3) is 0.240. The van der Waals surface area contributed by atoms with E-state index in [9.17, 15) is 9.59 Å². The van der Waals surface area contributed by atoms with E-state index in [1.807, 2.05) is 36.4 Å². The number of ether oxygens (including phenoxy) is 1. The van der Waals surface area contributed by atoms with E-state index >= 15 is 0 Å². The third kappa shape index (κ3) is 5.09. The molecular weight excluding hydrogens is 440 g/mol. The Labute approximate surface area is 197 Å². The van der Waals surface area contributed by atoms with E-state index < -0.39 is 0 Å². The molecule has 3 aromatic rings. The first-order chi connectivity index (χ1) is 16.0. The topological polar surface area (TPSA) is 88.8 Å². The highest BCUT2D eigenvalue weighted by Crippen LogP contribution is 2.29. The number of halogens is 1. The third-order valence-corrected chi connectivity index (χ3v) is 5.90. The summed E-state index contributed by atoms with van der Waals surface area (Å²) < 4.78 is 5.20. The molecule has 0 aliphatic carbocycles. The van der Waals surface area contributed by atoms with Crippen LogP contribution in [-0.2, 0) is 4.74 Å². The van der Waals surface area contributed by atoms with Gasteiger partial charge in [-0.25, -0.2) is 9.78 Å². The van der Waals surface area contributed by atoms with Crippen molar-refractivity contribution in [1.82, 2.24) is 14.8 Å². The van der Waals surface area contributed by atoms with Gasteiger partial charge in [0.25, 0.3) is 5.91 Å². The zero-order valence-corrected chi connectivity index (χ0v) is 18.9. The summed E-state index contributed by atoms with van der Waals surface area (Å²) in [6, 6.07) is 14.5. The minimum atomic E-state index is -0.358. The number of anilines is 1. The second-order valence-corrected chi connectivity index (χ2v) is 8.22. The van der Waals surface area contributed by atoms with Gasteiger partial charge in [0, 0.05) is 48.4 Å². The Morgan fingerprint density at radius 1 is 1.06 bits per heavy atom. The molecular formula is C25H25ClN4O3. The van der Waals surface area contributed by atoms with Crippen molar-refractivity contribution < 1.29 is 14.3 Å². The van der Waals surface area contributed by atoms with Crippen LogP contribution >= 0.6 is 11.6 Å². The van der Waals surface area contributed by atoms with Crippen LogP contribution < -0.4 is 5.73 Å². The Morgan fingerprint density at radius 2 is 1.76 bits per heavy atom. The Hall–Kier alpha value is -3.58. The van der Waals surface area contributed by atoms with Crippen LogP contribution in [0.5, 0.6) is 0 Å². The first-order valence-corrected chi connectivity index (χ1v) is 11.1. The maximum absolute atomic E-state index is 13.1. The summed E-state index contributed by atoms with van der Waals surface area (Å²) in [6.07, 6.45) is 1.96. The highest BCUT2D eigenvalue weighted by Gasteiger charge is 2.26. The van der Waals surface area contributed by atoms with E-state index in [1.165, 1.54) is 0 Å². The van der Waals surface area contributed by atoms with Crippen LogP contribution in [0.1, 0.15) is 16.8 Å². The van der Waals surface area contributed by atoms with Crippen molar-refractivity contribution >= 4 is 40.2 Å². The minimum Gasteiger partial charge on any atom is -0.449 e. The molecule has 1 fully saturated rings. The van der Waals surface area contributed by atoms with Crippen molar-refractivity contribution in [2.75, 3.05) is 38.5 Å². The predicted molar refractivity (Wildman–Crippen MR) is 130 cm³/mol. The lowest BCUT2D eigenvalue weighted by molar-refractivity contribution is 0.0564. The molecule has 170 valence electrons. The second-order valence-electron chi connectivity index (χ2n) is 7.81. The summed E-state index contributed by atoms with van der Waals surface area (Å²) in [6.45, 7) is 5.65. The van der Waals surface area contributed by atoms with Crippen molar-refractivity contribution in [3.63, 3.8) is 0 Å². The predicted octanol–water partition coefficient (Wildman–Crippen LogP) is 4.61. The number of nitrogen functional groups attached to an aromatic ring is 1. The lowest BCUT2D eigenvalue weighted by Crippen LogP contribution is -2.50. The van der Waals surface area contributed by atoms with Crippen LogP contribution in [0.25, 0.3) is 22.2 Å². The number of carbonyl (C=O) groups is 2. The molecule has 1 saturated heterocycles. The normalized spacial score (nSPS) is 13.7. The van der Waals surface area contributed by atoms with E-state index in [4.69, 9.17) is 27.1 Å². The molecule has 2 amide bonds. The van der Waals surface area contributed by atoms with Gasteiger partial charge in [-0.2, -0.15) is 0 Å². The van der Waals surface area contributed by atoms with Crippen LogP contribution in [0.3, 0.4) is 0 Å². The number of aromatic nitrogens is 1. The average Bonchev–Trinajstić information content (AvgIpc) is 2.84. The molecule has 0 spiro atoms. The molecule has 8 heteroatoms. The standard InChI is InChI=1S/C25H25ClN4O3/c1-2-3-14-33-25(32)30-12-10-29(11-13-30)24(31)18-6-9-20-21(26)16-22(28-23(20)15-18)17-4-7-19(27)8-5-17/h2,4-9,15-16H,1,3,10-14,27H2. The molecule has 2 heterocycles. The Morgan fingerprint density at radius 3 is 2.45 bits per heavy atom. The van der Waals surface area contributed by atoms with Gasteiger partial charge in [0.2, 0.25) is 0 Å². The third-order valence-electron chi connectivity index (χ3n) is 5.59. The molecule has 7 nitrogen and oxygen atoms in total.